The normalized spacial score (nSPS) is 10.2. The van der Waals surface area contributed by atoms with E-state index in [0.717, 1.165) is 16.7 Å². The molecule has 4 aromatic rings. The molecule has 4 rings (SSSR count). The van der Waals surface area contributed by atoms with E-state index in [1.807, 2.05) is 36.4 Å². The van der Waals surface area contributed by atoms with Gasteiger partial charge in [-0.25, -0.2) is 0 Å². The maximum absolute atomic E-state index is 9.68. The van der Waals surface area contributed by atoms with Gasteiger partial charge in [0.15, 0.2) is 0 Å². The standard InChI is InChI=1S/C37H32O6/c1-43-25-37-16-31(15-36(19-37)24-42)7-4-28-9-26(2-5-29-11-32(20-38)17-33(12-29)21-39)8-27(10-28)3-6-30-13-34(22-40)18-35(14-30)23-41/h8-19,38-42H,20-25H2,1H3. The lowest BCUT2D eigenvalue weighted by atomic mass is 10.0. The van der Waals surface area contributed by atoms with Crippen LogP contribution in [0.1, 0.15) is 66.8 Å². The molecule has 0 atom stereocenters. The van der Waals surface area contributed by atoms with Crippen molar-refractivity contribution in [3.63, 3.8) is 0 Å². The van der Waals surface area contributed by atoms with Gasteiger partial charge in [0.05, 0.1) is 39.6 Å². The van der Waals surface area contributed by atoms with Crippen LogP contribution in [0.3, 0.4) is 0 Å². The highest BCUT2D eigenvalue weighted by Crippen LogP contribution is 2.15. The van der Waals surface area contributed by atoms with Crippen LogP contribution < -0.4 is 0 Å². The highest BCUT2D eigenvalue weighted by Gasteiger charge is 2.03. The first-order valence-electron chi connectivity index (χ1n) is 13.6. The second-order valence-electron chi connectivity index (χ2n) is 9.89. The summed E-state index contributed by atoms with van der Waals surface area (Å²) in [5.74, 6) is 18.9. The van der Waals surface area contributed by atoms with Gasteiger partial charge in [-0.1, -0.05) is 53.7 Å². The number of methoxy groups -OCH3 is 1. The molecule has 0 heterocycles. The van der Waals surface area contributed by atoms with Crippen molar-refractivity contribution in [2.24, 2.45) is 0 Å². The van der Waals surface area contributed by atoms with Gasteiger partial charge in [0.2, 0.25) is 0 Å². The van der Waals surface area contributed by atoms with Crippen LogP contribution in [0.25, 0.3) is 0 Å². The molecular formula is C37H32O6. The average Bonchev–Trinajstić information content (AvgIpc) is 3.05. The molecule has 0 fully saturated rings. The van der Waals surface area contributed by atoms with Crippen molar-refractivity contribution >= 4 is 0 Å². The molecule has 0 saturated heterocycles. The highest BCUT2D eigenvalue weighted by molar-refractivity contribution is 5.56. The molecule has 0 saturated carbocycles. The summed E-state index contributed by atoms with van der Waals surface area (Å²) >= 11 is 0. The number of benzene rings is 4. The Labute approximate surface area is 251 Å². The Hall–Kier alpha value is -4.68. The van der Waals surface area contributed by atoms with Crippen molar-refractivity contribution < 1.29 is 30.3 Å². The van der Waals surface area contributed by atoms with E-state index in [-0.39, 0.29) is 33.0 Å². The molecule has 6 nitrogen and oxygen atoms in total. The van der Waals surface area contributed by atoms with Gasteiger partial charge in [-0.15, -0.1) is 0 Å². The first-order chi connectivity index (χ1) is 20.9. The zero-order chi connectivity index (χ0) is 30.6. The summed E-state index contributed by atoms with van der Waals surface area (Å²) in [4.78, 5) is 0. The number of aliphatic hydroxyl groups excluding tert-OH is 5. The van der Waals surface area contributed by atoms with Crippen LogP contribution in [0.4, 0.5) is 0 Å². The Morgan fingerprint density at radius 2 is 0.605 bits per heavy atom. The Morgan fingerprint density at radius 3 is 0.860 bits per heavy atom. The topological polar surface area (TPSA) is 110 Å². The van der Waals surface area contributed by atoms with Crippen LogP contribution in [-0.4, -0.2) is 32.6 Å². The minimum absolute atomic E-state index is 0.109. The van der Waals surface area contributed by atoms with Crippen LogP contribution >= 0.6 is 0 Å². The molecular weight excluding hydrogens is 540 g/mol. The molecule has 5 N–H and O–H groups in total. The molecule has 4 aromatic carbocycles. The third-order valence-corrected chi connectivity index (χ3v) is 6.37. The molecule has 0 bridgehead atoms. The van der Waals surface area contributed by atoms with Crippen molar-refractivity contribution in [2.45, 2.75) is 39.6 Å². The smallest absolute Gasteiger partial charge is 0.0713 e. The monoisotopic (exact) mass is 572 g/mol. The van der Waals surface area contributed by atoms with Gasteiger partial charge < -0.3 is 30.3 Å². The van der Waals surface area contributed by atoms with Crippen molar-refractivity contribution in [3.05, 3.63) is 140 Å². The van der Waals surface area contributed by atoms with Gasteiger partial charge in [0.25, 0.3) is 0 Å². The lowest BCUT2D eigenvalue weighted by Crippen LogP contribution is -1.93. The van der Waals surface area contributed by atoms with Crippen LogP contribution in [0.2, 0.25) is 0 Å². The molecule has 0 spiro atoms. The molecule has 43 heavy (non-hydrogen) atoms. The first-order valence-corrected chi connectivity index (χ1v) is 13.6. The molecule has 0 aliphatic rings. The number of ether oxygens (including phenoxy) is 1. The Kier molecular flexibility index (Phi) is 11.3. The fraction of sp³-hybridized carbons (Fsp3) is 0.189. The molecule has 0 aromatic heterocycles. The third-order valence-electron chi connectivity index (χ3n) is 6.37. The van der Waals surface area contributed by atoms with E-state index in [2.05, 4.69) is 35.5 Å². The summed E-state index contributed by atoms with van der Waals surface area (Å²) in [7, 11) is 1.61. The van der Waals surface area contributed by atoms with E-state index in [1.54, 1.807) is 43.5 Å². The molecule has 216 valence electrons. The van der Waals surface area contributed by atoms with Crippen LogP contribution in [0.15, 0.2) is 72.8 Å². The SMILES string of the molecule is COCc1cc(C#Cc2cc(C#Cc3cc(CO)cc(CO)c3)cc(C#Cc3cc(CO)cc(CO)c3)c2)cc(CO)c1. The second kappa shape index (κ2) is 15.5. The van der Waals surface area contributed by atoms with Crippen molar-refractivity contribution in [1.82, 2.24) is 0 Å². The van der Waals surface area contributed by atoms with E-state index in [1.165, 1.54) is 0 Å². The summed E-state index contributed by atoms with van der Waals surface area (Å²) in [6.07, 6.45) is 0. The first kappa shape index (κ1) is 31.3. The number of aliphatic hydroxyl groups is 5. The third kappa shape index (κ3) is 9.15. The van der Waals surface area contributed by atoms with Gasteiger partial charge >= 0.3 is 0 Å². The van der Waals surface area contributed by atoms with E-state index < -0.39 is 0 Å². The lowest BCUT2D eigenvalue weighted by Gasteiger charge is -2.04. The van der Waals surface area contributed by atoms with E-state index in [4.69, 9.17) is 4.74 Å². The maximum atomic E-state index is 9.68. The Balaban J connectivity index is 1.78. The van der Waals surface area contributed by atoms with Gasteiger partial charge in [0, 0.05) is 40.5 Å². The Morgan fingerprint density at radius 1 is 0.372 bits per heavy atom. The summed E-state index contributed by atoms with van der Waals surface area (Å²) < 4.78 is 5.25. The van der Waals surface area contributed by atoms with Gasteiger partial charge in [-0.05, 0) is 88.0 Å². The summed E-state index contributed by atoms with van der Waals surface area (Å²) in [5.41, 5.74) is 8.35. The summed E-state index contributed by atoms with van der Waals surface area (Å²) in [6.45, 7) is -0.349. The van der Waals surface area contributed by atoms with E-state index in [9.17, 15) is 25.5 Å². The molecule has 0 aliphatic heterocycles. The molecule has 6 heteroatoms. The van der Waals surface area contributed by atoms with Crippen LogP contribution in [0.5, 0.6) is 0 Å². The Bertz CT molecular complexity index is 1650. The van der Waals surface area contributed by atoms with Gasteiger partial charge in [-0.2, -0.15) is 0 Å². The van der Waals surface area contributed by atoms with Gasteiger partial charge in [0.1, 0.15) is 0 Å². The van der Waals surface area contributed by atoms with E-state index >= 15 is 0 Å². The summed E-state index contributed by atoms with van der Waals surface area (Å²) in [6, 6.07) is 21.7. The number of rotatable bonds is 7. The minimum atomic E-state index is -0.160. The predicted molar refractivity (Wildman–Crippen MR) is 164 cm³/mol. The zero-order valence-corrected chi connectivity index (χ0v) is 23.8. The largest absolute Gasteiger partial charge is 0.392 e. The molecule has 0 aliphatic carbocycles. The number of hydrogen-bond donors (Lipinski definition) is 5. The van der Waals surface area contributed by atoms with Crippen LogP contribution in [0, 0.1) is 35.5 Å². The lowest BCUT2D eigenvalue weighted by molar-refractivity contribution is 0.184. The van der Waals surface area contributed by atoms with Gasteiger partial charge in [-0.3, -0.25) is 0 Å². The zero-order valence-electron chi connectivity index (χ0n) is 23.8. The van der Waals surface area contributed by atoms with Crippen molar-refractivity contribution in [3.8, 4) is 35.5 Å². The highest BCUT2D eigenvalue weighted by atomic mass is 16.5. The minimum Gasteiger partial charge on any atom is -0.392 e. The summed E-state index contributed by atoms with van der Waals surface area (Å²) in [5, 5.41) is 48.0. The molecule has 0 radical (unpaired) electrons. The quantitative estimate of drug-likeness (QED) is 0.217. The van der Waals surface area contributed by atoms with Crippen LogP contribution in [-0.2, 0) is 44.4 Å². The average molecular weight is 573 g/mol. The fourth-order valence-corrected chi connectivity index (χ4v) is 4.49. The van der Waals surface area contributed by atoms with Crippen molar-refractivity contribution in [2.75, 3.05) is 7.11 Å². The fourth-order valence-electron chi connectivity index (χ4n) is 4.49. The van der Waals surface area contributed by atoms with Crippen molar-refractivity contribution in [1.29, 1.82) is 0 Å². The predicted octanol–water partition coefficient (Wildman–Crippen LogP) is 3.49. The number of hydrogen-bond acceptors (Lipinski definition) is 6. The second-order valence-corrected chi connectivity index (χ2v) is 9.89. The molecule has 0 unspecified atom stereocenters. The molecule has 0 amide bonds. The van der Waals surface area contributed by atoms with E-state index in [0.29, 0.717) is 56.7 Å². The maximum Gasteiger partial charge on any atom is 0.0713 e.